The van der Waals surface area contributed by atoms with Crippen LogP contribution in [0, 0.1) is 0 Å². The summed E-state index contributed by atoms with van der Waals surface area (Å²) in [6.45, 7) is 0.581. The first-order valence-corrected chi connectivity index (χ1v) is 11.1. The van der Waals surface area contributed by atoms with Gasteiger partial charge in [0.05, 0.1) is 6.04 Å². The van der Waals surface area contributed by atoms with E-state index in [-0.39, 0.29) is 19.0 Å². The number of nitrogens with one attached hydrogen (secondary N) is 2. The lowest BCUT2D eigenvalue weighted by molar-refractivity contribution is 0.0909. The fourth-order valence-electron chi connectivity index (χ4n) is 3.25. The van der Waals surface area contributed by atoms with Crippen molar-refractivity contribution in [2.24, 2.45) is 0 Å². The normalized spacial score (nSPS) is 11.2. The number of amides is 2. The summed E-state index contributed by atoms with van der Waals surface area (Å²) in [5.74, 6) is -0.219. The Bertz CT molecular complexity index is 1040. The van der Waals surface area contributed by atoms with E-state index >= 15 is 0 Å². The molecule has 176 valence electrons. The molecular formula is C27H28N2O5. The molecule has 7 nitrogen and oxygen atoms in total. The van der Waals surface area contributed by atoms with Crippen LogP contribution in [-0.4, -0.2) is 30.6 Å². The maximum absolute atomic E-state index is 13.0. The summed E-state index contributed by atoms with van der Waals surface area (Å²) in [4.78, 5) is 37.2. The van der Waals surface area contributed by atoms with Crippen LogP contribution in [-0.2, 0) is 22.7 Å². The molecule has 0 bridgehead atoms. The number of alkyl carbamates (subject to hydrolysis) is 2. The average molecular weight is 461 g/mol. The van der Waals surface area contributed by atoms with Crippen LogP contribution in [0.1, 0.15) is 34.3 Å². The molecule has 7 heteroatoms. The van der Waals surface area contributed by atoms with Gasteiger partial charge in [0, 0.05) is 12.1 Å². The molecular weight excluding hydrogens is 432 g/mol. The third-order valence-corrected chi connectivity index (χ3v) is 5.03. The van der Waals surface area contributed by atoms with Crippen molar-refractivity contribution in [3.05, 3.63) is 108 Å². The van der Waals surface area contributed by atoms with Crippen molar-refractivity contribution in [1.82, 2.24) is 10.6 Å². The number of carbonyl (C=O) groups excluding carboxylic acids is 3. The van der Waals surface area contributed by atoms with E-state index in [4.69, 9.17) is 9.47 Å². The maximum atomic E-state index is 13.0. The largest absolute Gasteiger partial charge is 0.445 e. The van der Waals surface area contributed by atoms with E-state index in [0.29, 0.717) is 24.9 Å². The highest BCUT2D eigenvalue weighted by atomic mass is 16.6. The fourth-order valence-corrected chi connectivity index (χ4v) is 3.25. The quantitative estimate of drug-likeness (QED) is 0.315. The third-order valence-electron chi connectivity index (χ3n) is 5.03. The van der Waals surface area contributed by atoms with Gasteiger partial charge in [-0.2, -0.15) is 0 Å². The Hall–Kier alpha value is -4.13. The van der Waals surface area contributed by atoms with Crippen molar-refractivity contribution in [3.63, 3.8) is 0 Å². The number of ketones is 1. The van der Waals surface area contributed by atoms with Crippen LogP contribution in [0.4, 0.5) is 9.59 Å². The number of benzene rings is 3. The summed E-state index contributed by atoms with van der Waals surface area (Å²) in [6, 6.07) is 26.6. The molecule has 3 rings (SSSR count). The minimum Gasteiger partial charge on any atom is -0.445 e. The Kier molecular flexibility index (Phi) is 9.68. The Balaban J connectivity index is 1.47. The second-order valence-corrected chi connectivity index (χ2v) is 7.62. The zero-order chi connectivity index (χ0) is 24.0. The van der Waals surface area contributed by atoms with Gasteiger partial charge in [0.1, 0.15) is 13.2 Å². The van der Waals surface area contributed by atoms with Crippen LogP contribution in [0.5, 0.6) is 0 Å². The molecule has 34 heavy (non-hydrogen) atoms. The van der Waals surface area contributed by atoms with Crippen molar-refractivity contribution in [3.8, 4) is 0 Å². The van der Waals surface area contributed by atoms with Crippen LogP contribution >= 0.6 is 0 Å². The Morgan fingerprint density at radius 2 is 1.18 bits per heavy atom. The SMILES string of the molecule is O=C(NCCC[C@H](NC(=O)OCc1ccccc1)C(=O)c1ccccc1)OCc1ccccc1. The number of rotatable bonds is 11. The average Bonchev–Trinajstić information content (AvgIpc) is 2.89. The van der Waals surface area contributed by atoms with Gasteiger partial charge in [0.15, 0.2) is 5.78 Å². The van der Waals surface area contributed by atoms with Gasteiger partial charge in [0.25, 0.3) is 0 Å². The summed E-state index contributed by atoms with van der Waals surface area (Å²) >= 11 is 0. The molecule has 0 aliphatic carbocycles. The molecule has 0 aromatic heterocycles. The first-order valence-electron chi connectivity index (χ1n) is 11.1. The fraction of sp³-hybridized carbons (Fsp3) is 0.222. The summed E-state index contributed by atoms with van der Waals surface area (Å²) in [5, 5.41) is 5.34. The van der Waals surface area contributed by atoms with Crippen molar-refractivity contribution < 1.29 is 23.9 Å². The van der Waals surface area contributed by atoms with Crippen LogP contribution < -0.4 is 10.6 Å². The molecule has 0 fully saturated rings. The van der Waals surface area contributed by atoms with E-state index in [1.165, 1.54) is 0 Å². The highest BCUT2D eigenvalue weighted by Gasteiger charge is 2.22. The second-order valence-electron chi connectivity index (χ2n) is 7.62. The van der Waals surface area contributed by atoms with Gasteiger partial charge in [0.2, 0.25) is 0 Å². The van der Waals surface area contributed by atoms with Gasteiger partial charge in [-0.1, -0.05) is 91.0 Å². The molecule has 0 saturated heterocycles. The Labute approximate surface area is 199 Å². The highest BCUT2D eigenvalue weighted by molar-refractivity contribution is 6.01. The van der Waals surface area contributed by atoms with Crippen LogP contribution in [0.25, 0.3) is 0 Å². The van der Waals surface area contributed by atoms with E-state index in [2.05, 4.69) is 10.6 Å². The van der Waals surface area contributed by atoms with Crippen LogP contribution in [0.2, 0.25) is 0 Å². The van der Waals surface area contributed by atoms with E-state index in [0.717, 1.165) is 11.1 Å². The Morgan fingerprint density at radius 3 is 1.74 bits per heavy atom. The smallest absolute Gasteiger partial charge is 0.408 e. The molecule has 3 aromatic rings. The minimum atomic E-state index is -0.784. The predicted octanol–water partition coefficient (Wildman–Crippen LogP) is 4.87. The van der Waals surface area contributed by atoms with Crippen LogP contribution in [0.15, 0.2) is 91.0 Å². The summed E-state index contributed by atoms with van der Waals surface area (Å²) in [5.41, 5.74) is 2.23. The van der Waals surface area contributed by atoms with Gasteiger partial charge in [-0.3, -0.25) is 4.79 Å². The van der Waals surface area contributed by atoms with E-state index < -0.39 is 18.2 Å². The van der Waals surface area contributed by atoms with E-state index in [1.54, 1.807) is 24.3 Å². The van der Waals surface area contributed by atoms with Crippen LogP contribution in [0.3, 0.4) is 0 Å². The predicted molar refractivity (Wildman–Crippen MR) is 128 cm³/mol. The lowest BCUT2D eigenvalue weighted by atomic mass is 10.0. The number of hydrogen-bond acceptors (Lipinski definition) is 5. The van der Waals surface area contributed by atoms with Crippen molar-refractivity contribution in [1.29, 1.82) is 0 Å². The summed E-state index contributed by atoms with van der Waals surface area (Å²) in [7, 11) is 0. The molecule has 3 aromatic carbocycles. The molecule has 0 aliphatic rings. The number of ether oxygens (including phenoxy) is 2. The highest BCUT2D eigenvalue weighted by Crippen LogP contribution is 2.09. The molecule has 0 unspecified atom stereocenters. The van der Waals surface area contributed by atoms with E-state index in [1.807, 2.05) is 66.7 Å². The first kappa shape index (κ1) is 24.5. The van der Waals surface area contributed by atoms with Gasteiger partial charge >= 0.3 is 12.2 Å². The van der Waals surface area contributed by atoms with Crippen molar-refractivity contribution in [2.75, 3.05) is 6.54 Å². The van der Waals surface area contributed by atoms with Gasteiger partial charge in [-0.05, 0) is 24.0 Å². The standard InChI is InChI=1S/C27H28N2O5/c30-25(23-15-8-3-9-16-23)24(29-27(32)34-20-22-13-6-2-7-14-22)17-10-18-28-26(31)33-19-21-11-4-1-5-12-21/h1-9,11-16,24H,10,17-20H2,(H,28,31)(H,29,32)/t24-/m0/s1. The molecule has 2 N–H and O–H groups in total. The molecule has 0 aliphatic heterocycles. The molecule has 0 spiro atoms. The third kappa shape index (κ3) is 8.43. The molecule has 0 saturated carbocycles. The molecule has 2 amide bonds. The molecule has 0 heterocycles. The Morgan fingerprint density at radius 1 is 0.676 bits per heavy atom. The first-order chi connectivity index (χ1) is 16.6. The second kappa shape index (κ2) is 13.4. The molecule has 0 radical (unpaired) electrons. The van der Waals surface area contributed by atoms with Gasteiger partial charge in [-0.25, -0.2) is 9.59 Å². The lowest BCUT2D eigenvalue weighted by Gasteiger charge is -2.18. The zero-order valence-electron chi connectivity index (χ0n) is 18.8. The van der Waals surface area contributed by atoms with Crippen molar-refractivity contribution in [2.45, 2.75) is 32.1 Å². The van der Waals surface area contributed by atoms with Gasteiger partial charge in [-0.15, -0.1) is 0 Å². The van der Waals surface area contributed by atoms with Crippen molar-refractivity contribution >= 4 is 18.0 Å². The maximum Gasteiger partial charge on any atom is 0.408 e. The topological polar surface area (TPSA) is 93.7 Å². The minimum absolute atomic E-state index is 0.105. The number of hydrogen-bond donors (Lipinski definition) is 2. The zero-order valence-corrected chi connectivity index (χ0v) is 18.8. The summed E-state index contributed by atoms with van der Waals surface area (Å²) in [6.07, 6.45) is -0.422. The molecule has 1 atom stereocenters. The van der Waals surface area contributed by atoms with Gasteiger partial charge < -0.3 is 20.1 Å². The summed E-state index contributed by atoms with van der Waals surface area (Å²) < 4.78 is 10.5. The monoisotopic (exact) mass is 460 g/mol. The number of carbonyl (C=O) groups is 3. The van der Waals surface area contributed by atoms with E-state index in [9.17, 15) is 14.4 Å². The lowest BCUT2D eigenvalue weighted by Crippen LogP contribution is -2.41. The number of Topliss-reactive ketones (excluding diaryl/α,β-unsaturated/α-hetero) is 1.